The van der Waals surface area contributed by atoms with E-state index in [1.165, 1.54) is 24.0 Å². The van der Waals surface area contributed by atoms with Crippen LogP contribution in [0.1, 0.15) is 43.9 Å². The second-order valence-electron chi connectivity index (χ2n) is 5.67. The van der Waals surface area contributed by atoms with Crippen LogP contribution in [0.25, 0.3) is 0 Å². The van der Waals surface area contributed by atoms with Crippen LogP contribution in [0.3, 0.4) is 0 Å². The van der Waals surface area contributed by atoms with Crippen molar-refractivity contribution in [2.24, 2.45) is 0 Å². The predicted molar refractivity (Wildman–Crippen MR) is 84.4 cm³/mol. The lowest BCUT2D eigenvalue weighted by molar-refractivity contribution is 0.243. The van der Waals surface area contributed by atoms with Crippen LogP contribution in [0.4, 0.5) is 0 Å². The number of nitrogens with one attached hydrogen (secondary N) is 1. The summed E-state index contributed by atoms with van der Waals surface area (Å²) in [7, 11) is 1.76. The second-order valence-corrected chi connectivity index (χ2v) is 5.67. The lowest BCUT2D eigenvalue weighted by atomic mass is 10.0. The number of hydrogen-bond acceptors (Lipinski definition) is 3. The summed E-state index contributed by atoms with van der Waals surface area (Å²) < 4.78 is 5.56. The average Bonchev–Trinajstić information content (AvgIpc) is 3.28. The summed E-state index contributed by atoms with van der Waals surface area (Å²) in [5.41, 5.74) is 2.58. The van der Waals surface area contributed by atoms with Gasteiger partial charge in [-0.15, -0.1) is 0 Å². The number of methoxy groups -OCH3 is 1. The zero-order valence-electron chi connectivity index (χ0n) is 13.3. The molecule has 1 saturated carbocycles. The third kappa shape index (κ3) is 3.74. The van der Waals surface area contributed by atoms with Crippen molar-refractivity contribution in [2.75, 3.05) is 26.7 Å². The first-order valence-electron chi connectivity index (χ1n) is 7.81. The molecule has 2 rings (SSSR count). The second kappa shape index (κ2) is 7.09. The molecule has 0 spiro atoms. The molecule has 1 aromatic rings. The van der Waals surface area contributed by atoms with Crippen LogP contribution in [-0.2, 0) is 0 Å². The average molecular weight is 276 g/mol. The van der Waals surface area contributed by atoms with Crippen molar-refractivity contribution < 1.29 is 4.74 Å². The van der Waals surface area contributed by atoms with Gasteiger partial charge in [-0.1, -0.05) is 31.5 Å². The van der Waals surface area contributed by atoms with E-state index in [0.29, 0.717) is 6.04 Å². The van der Waals surface area contributed by atoms with Crippen LogP contribution in [0.5, 0.6) is 5.75 Å². The van der Waals surface area contributed by atoms with Gasteiger partial charge in [-0.3, -0.25) is 4.90 Å². The third-order valence-corrected chi connectivity index (χ3v) is 4.10. The highest BCUT2D eigenvalue weighted by molar-refractivity contribution is 5.39. The molecule has 1 aliphatic carbocycles. The highest BCUT2D eigenvalue weighted by Gasteiger charge is 2.30. The Hall–Kier alpha value is -1.06. The largest absolute Gasteiger partial charge is 0.496 e. The van der Waals surface area contributed by atoms with Crippen LogP contribution in [0, 0.1) is 6.92 Å². The van der Waals surface area contributed by atoms with E-state index in [9.17, 15) is 0 Å². The summed E-state index contributed by atoms with van der Waals surface area (Å²) in [5.74, 6) is 0.994. The Balaban J connectivity index is 2.20. The fourth-order valence-corrected chi connectivity index (χ4v) is 2.86. The normalized spacial score (nSPS) is 16.4. The Morgan fingerprint density at radius 2 is 2.10 bits per heavy atom. The van der Waals surface area contributed by atoms with Gasteiger partial charge in [0, 0.05) is 24.2 Å². The molecule has 1 unspecified atom stereocenters. The standard InChI is InChI=1S/C17H28N2O/c1-5-18-16(12-19(6-2)14-8-9-14)15-11-13(3)7-10-17(15)20-4/h7,10-11,14,16,18H,5-6,8-9,12H2,1-4H3. The van der Waals surface area contributed by atoms with Crippen molar-refractivity contribution in [1.82, 2.24) is 10.2 Å². The molecule has 1 fully saturated rings. The number of hydrogen-bond donors (Lipinski definition) is 1. The van der Waals surface area contributed by atoms with E-state index in [2.05, 4.69) is 49.2 Å². The molecule has 0 aromatic heterocycles. The first-order valence-corrected chi connectivity index (χ1v) is 7.81. The van der Waals surface area contributed by atoms with Crippen LogP contribution >= 0.6 is 0 Å². The van der Waals surface area contributed by atoms with Crippen LogP contribution in [-0.4, -0.2) is 37.7 Å². The topological polar surface area (TPSA) is 24.5 Å². The third-order valence-electron chi connectivity index (χ3n) is 4.10. The van der Waals surface area contributed by atoms with E-state index in [0.717, 1.165) is 31.4 Å². The fraction of sp³-hybridized carbons (Fsp3) is 0.647. The minimum atomic E-state index is 0.343. The molecule has 0 amide bonds. The van der Waals surface area contributed by atoms with E-state index in [4.69, 9.17) is 4.74 Å². The summed E-state index contributed by atoms with van der Waals surface area (Å²) in [6.45, 7) is 9.74. The minimum Gasteiger partial charge on any atom is -0.496 e. The Morgan fingerprint density at radius 3 is 2.65 bits per heavy atom. The molecular weight excluding hydrogens is 248 g/mol. The van der Waals surface area contributed by atoms with Gasteiger partial charge in [-0.2, -0.15) is 0 Å². The molecule has 0 bridgehead atoms. The zero-order valence-corrected chi connectivity index (χ0v) is 13.3. The maximum absolute atomic E-state index is 5.56. The first-order chi connectivity index (χ1) is 9.69. The summed E-state index contributed by atoms with van der Waals surface area (Å²) in [6.07, 6.45) is 2.72. The van der Waals surface area contributed by atoms with Crippen molar-refractivity contribution in [3.05, 3.63) is 29.3 Å². The molecule has 1 aromatic carbocycles. The molecule has 20 heavy (non-hydrogen) atoms. The van der Waals surface area contributed by atoms with Gasteiger partial charge in [-0.05, 0) is 38.9 Å². The molecule has 0 heterocycles. The van der Waals surface area contributed by atoms with E-state index < -0.39 is 0 Å². The molecule has 0 radical (unpaired) electrons. The number of ether oxygens (including phenoxy) is 1. The van der Waals surface area contributed by atoms with Crippen LogP contribution < -0.4 is 10.1 Å². The molecule has 1 N–H and O–H groups in total. The molecular formula is C17H28N2O. The van der Waals surface area contributed by atoms with Crippen molar-refractivity contribution in [2.45, 2.75) is 45.7 Å². The van der Waals surface area contributed by atoms with E-state index >= 15 is 0 Å². The predicted octanol–water partition coefficient (Wildman–Crippen LogP) is 3.14. The lowest BCUT2D eigenvalue weighted by Crippen LogP contribution is -2.36. The van der Waals surface area contributed by atoms with Gasteiger partial charge in [0.25, 0.3) is 0 Å². The van der Waals surface area contributed by atoms with Gasteiger partial charge in [0.2, 0.25) is 0 Å². The molecule has 0 aliphatic heterocycles. The Labute approximate surface area is 123 Å². The SMILES string of the molecule is CCNC(CN(CC)C1CC1)c1cc(C)ccc1OC. The van der Waals surface area contributed by atoms with Crippen molar-refractivity contribution in [3.63, 3.8) is 0 Å². The highest BCUT2D eigenvalue weighted by atomic mass is 16.5. The van der Waals surface area contributed by atoms with Crippen molar-refractivity contribution in [3.8, 4) is 5.75 Å². The van der Waals surface area contributed by atoms with Crippen LogP contribution in [0.15, 0.2) is 18.2 Å². The van der Waals surface area contributed by atoms with Gasteiger partial charge in [0.15, 0.2) is 0 Å². The summed E-state index contributed by atoms with van der Waals surface area (Å²) >= 11 is 0. The summed E-state index contributed by atoms with van der Waals surface area (Å²) in [5, 5.41) is 3.63. The maximum Gasteiger partial charge on any atom is 0.123 e. The molecule has 0 saturated heterocycles. The van der Waals surface area contributed by atoms with Gasteiger partial charge in [0.05, 0.1) is 7.11 Å². The maximum atomic E-state index is 5.56. The Morgan fingerprint density at radius 1 is 1.35 bits per heavy atom. The van der Waals surface area contributed by atoms with Crippen LogP contribution in [0.2, 0.25) is 0 Å². The molecule has 1 aliphatic rings. The number of nitrogens with zero attached hydrogens (tertiary/aromatic N) is 1. The molecule has 3 nitrogen and oxygen atoms in total. The zero-order chi connectivity index (χ0) is 14.5. The van der Waals surface area contributed by atoms with Gasteiger partial charge < -0.3 is 10.1 Å². The van der Waals surface area contributed by atoms with Gasteiger partial charge in [0.1, 0.15) is 5.75 Å². The summed E-state index contributed by atoms with van der Waals surface area (Å²) in [6, 6.07) is 7.60. The molecule has 1 atom stereocenters. The number of rotatable bonds is 8. The summed E-state index contributed by atoms with van der Waals surface area (Å²) in [4.78, 5) is 2.59. The van der Waals surface area contributed by atoms with E-state index in [1.807, 2.05) is 0 Å². The Kier molecular flexibility index (Phi) is 5.44. The number of benzene rings is 1. The van der Waals surface area contributed by atoms with Gasteiger partial charge in [-0.25, -0.2) is 0 Å². The smallest absolute Gasteiger partial charge is 0.123 e. The van der Waals surface area contributed by atoms with E-state index in [-0.39, 0.29) is 0 Å². The molecule has 3 heteroatoms. The van der Waals surface area contributed by atoms with E-state index in [1.54, 1.807) is 7.11 Å². The van der Waals surface area contributed by atoms with Crippen molar-refractivity contribution in [1.29, 1.82) is 0 Å². The highest BCUT2D eigenvalue weighted by Crippen LogP contribution is 2.31. The lowest BCUT2D eigenvalue weighted by Gasteiger charge is -2.28. The first kappa shape index (κ1) is 15.3. The van der Waals surface area contributed by atoms with Crippen molar-refractivity contribution >= 4 is 0 Å². The quantitative estimate of drug-likeness (QED) is 0.789. The monoisotopic (exact) mass is 276 g/mol. The number of aryl methyl sites for hydroxylation is 1. The number of likely N-dealkylation sites (N-methyl/N-ethyl adjacent to an activating group) is 2. The minimum absolute atomic E-state index is 0.343. The van der Waals surface area contributed by atoms with Gasteiger partial charge >= 0.3 is 0 Å². The molecule has 112 valence electrons. The fourth-order valence-electron chi connectivity index (χ4n) is 2.86. The Bertz CT molecular complexity index is 429.